The Balaban J connectivity index is 1.86. The van der Waals surface area contributed by atoms with Crippen molar-refractivity contribution in [2.24, 2.45) is 10.9 Å². The van der Waals surface area contributed by atoms with Crippen molar-refractivity contribution in [3.05, 3.63) is 87.5 Å². The van der Waals surface area contributed by atoms with Gasteiger partial charge < -0.3 is 15.0 Å². The Hall–Kier alpha value is -3.32. The van der Waals surface area contributed by atoms with Gasteiger partial charge in [0.25, 0.3) is 0 Å². The van der Waals surface area contributed by atoms with E-state index in [0.29, 0.717) is 23.7 Å². The number of hydrogen-bond donors (Lipinski definition) is 1. The quantitative estimate of drug-likeness (QED) is 0.465. The molecule has 2 aliphatic rings. The topological polar surface area (TPSA) is 71.0 Å². The molecule has 0 aromatic heterocycles. The highest BCUT2D eigenvalue weighted by Gasteiger charge is 2.42. The third kappa shape index (κ3) is 5.41. The normalized spacial score (nSPS) is 17.1. The number of fused-ring (bicyclic) bond motifs is 1. The van der Waals surface area contributed by atoms with Crippen LogP contribution < -0.4 is 5.32 Å². The molecule has 2 aliphatic heterocycles. The van der Waals surface area contributed by atoms with Gasteiger partial charge in [-0.25, -0.2) is 9.79 Å². The Kier molecular flexibility index (Phi) is 7.99. The fourth-order valence-corrected chi connectivity index (χ4v) is 5.38. The van der Waals surface area contributed by atoms with Crippen LogP contribution in [0, 0.1) is 19.8 Å². The maximum Gasteiger partial charge on any atom is 0.338 e. The minimum absolute atomic E-state index is 0.0494. The lowest BCUT2D eigenvalue weighted by molar-refractivity contribution is -0.139. The van der Waals surface area contributed by atoms with Crippen LogP contribution in [0.4, 0.5) is 0 Å². The third-order valence-corrected chi connectivity index (χ3v) is 7.01. The van der Waals surface area contributed by atoms with Crippen molar-refractivity contribution in [1.82, 2.24) is 10.2 Å². The first-order valence-corrected chi connectivity index (χ1v) is 13.2. The predicted molar refractivity (Wildman–Crippen MR) is 146 cm³/mol. The number of thioether (sulfide) groups is 1. The molecule has 0 bridgehead atoms. The molecule has 7 heteroatoms. The highest BCUT2D eigenvalue weighted by atomic mass is 32.2. The van der Waals surface area contributed by atoms with E-state index in [1.807, 2.05) is 40.6 Å². The minimum atomic E-state index is -0.466. The van der Waals surface area contributed by atoms with E-state index < -0.39 is 12.0 Å². The Morgan fingerprint density at radius 2 is 1.89 bits per heavy atom. The molecular formula is C29H33N3O3S. The van der Waals surface area contributed by atoms with Crippen molar-refractivity contribution in [2.75, 3.05) is 13.2 Å². The Labute approximate surface area is 217 Å². The predicted octanol–water partition coefficient (Wildman–Crippen LogP) is 5.74. The molecule has 4 rings (SSSR count). The first-order valence-electron chi connectivity index (χ1n) is 12.3. The van der Waals surface area contributed by atoms with Crippen LogP contribution in [0.1, 0.15) is 55.5 Å². The molecule has 0 saturated heterocycles. The summed E-state index contributed by atoms with van der Waals surface area (Å²) in [5, 5.41) is 5.73. The van der Waals surface area contributed by atoms with E-state index in [1.165, 1.54) is 11.8 Å². The number of carbonyl (C=O) groups excluding carboxylic acids is 2. The number of aryl methyl sites for hydroxylation is 2. The zero-order chi connectivity index (χ0) is 25.8. The molecule has 0 fully saturated rings. The number of nitrogens with one attached hydrogen (secondary N) is 1. The van der Waals surface area contributed by atoms with Crippen LogP contribution in [0.3, 0.4) is 0 Å². The van der Waals surface area contributed by atoms with Crippen LogP contribution in [0.25, 0.3) is 5.70 Å². The van der Waals surface area contributed by atoms with Crippen molar-refractivity contribution in [2.45, 2.75) is 47.1 Å². The highest BCUT2D eigenvalue weighted by Crippen LogP contribution is 2.47. The van der Waals surface area contributed by atoms with Gasteiger partial charge in [-0.1, -0.05) is 79.7 Å². The van der Waals surface area contributed by atoms with Gasteiger partial charge in [0.05, 0.1) is 30.3 Å². The largest absolute Gasteiger partial charge is 0.463 e. The van der Waals surface area contributed by atoms with Crippen LogP contribution in [0.15, 0.2) is 70.2 Å². The number of amidine groups is 1. The summed E-state index contributed by atoms with van der Waals surface area (Å²) in [6.07, 6.45) is 0.205. The third-order valence-electron chi connectivity index (χ3n) is 6.12. The van der Waals surface area contributed by atoms with Gasteiger partial charge in [-0.15, -0.1) is 0 Å². The summed E-state index contributed by atoms with van der Waals surface area (Å²) < 4.78 is 5.58. The molecule has 188 valence electrons. The van der Waals surface area contributed by atoms with Crippen molar-refractivity contribution in [1.29, 1.82) is 0 Å². The van der Waals surface area contributed by atoms with Crippen molar-refractivity contribution >= 4 is 34.5 Å². The Morgan fingerprint density at radius 3 is 2.56 bits per heavy atom. The average Bonchev–Trinajstić information content (AvgIpc) is 3.25. The summed E-state index contributed by atoms with van der Waals surface area (Å²) in [6.45, 7) is 10.9. The van der Waals surface area contributed by atoms with Gasteiger partial charge in [-0.3, -0.25) is 4.79 Å². The summed E-state index contributed by atoms with van der Waals surface area (Å²) in [4.78, 5) is 33.4. The average molecular weight is 504 g/mol. The lowest BCUT2D eigenvalue weighted by atomic mass is 9.88. The zero-order valence-electron chi connectivity index (χ0n) is 21.5. The van der Waals surface area contributed by atoms with Crippen molar-refractivity contribution in [3.8, 4) is 0 Å². The molecule has 0 aliphatic carbocycles. The highest BCUT2D eigenvalue weighted by molar-refractivity contribution is 8.16. The number of esters is 1. The maximum atomic E-state index is 13.6. The molecule has 0 saturated carbocycles. The molecule has 1 amide bonds. The summed E-state index contributed by atoms with van der Waals surface area (Å²) >= 11 is 1.48. The van der Waals surface area contributed by atoms with E-state index in [1.54, 1.807) is 6.92 Å². The second-order valence-electron chi connectivity index (χ2n) is 9.48. The monoisotopic (exact) mass is 503 g/mol. The summed E-state index contributed by atoms with van der Waals surface area (Å²) in [5.41, 5.74) is 5.96. The second-order valence-corrected chi connectivity index (χ2v) is 10.3. The lowest BCUT2D eigenvalue weighted by Gasteiger charge is -2.37. The van der Waals surface area contributed by atoms with E-state index in [0.717, 1.165) is 33.1 Å². The van der Waals surface area contributed by atoms with Crippen LogP contribution in [-0.2, 0) is 14.3 Å². The van der Waals surface area contributed by atoms with Gasteiger partial charge in [-0.05, 0) is 43.2 Å². The molecule has 2 heterocycles. The number of ether oxygens (including phenoxy) is 1. The molecule has 0 unspecified atom stereocenters. The van der Waals surface area contributed by atoms with Crippen LogP contribution >= 0.6 is 11.8 Å². The summed E-state index contributed by atoms with van der Waals surface area (Å²) in [5.74, 6) is -0.0842. The molecule has 0 radical (unpaired) electrons. The standard InChI is InChI=1S/C29H33N3O3S/c1-6-35-28(34)25-26(21-10-8-7-9-11-21)31-29-32(27(25)23-13-12-19(4)14-20(23)5)22(17-36-29)15-24(33)30-16-18(2)3/h7-14,17-18,27H,6,15-16H2,1-5H3,(H,30,33)/t27-/m0/s1. The van der Waals surface area contributed by atoms with E-state index in [-0.39, 0.29) is 18.9 Å². The SMILES string of the molecule is CCOC(=O)C1=C(c2ccccc2)N=C2SC=C(CC(=O)NCC(C)C)N2[C@H]1c1ccc(C)cc1C. The van der Waals surface area contributed by atoms with Gasteiger partial charge in [0.1, 0.15) is 0 Å². The van der Waals surface area contributed by atoms with Gasteiger partial charge in [0, 0.05) is 17.8 Å². The summed E-state index contributed by atoms with van der Waals surface area (Å²) in [6, 6.07) is 15.5. The molecule has 1 N–H and O–H groups in total. The molecule has 2 aromatic rings. The molecule has 1 atom stereocenters. The van der Waals surface area contributed by atoms with Crippen LogP contribution in [0.2, 0.25) is 0 Å². The Morgan fingerprint density at radius 1 is 1.14 bits per heavy atom. The minimum Gasteiger partial charge on any atom is -0.463 e. The van der Waals surface area contributed by atoms with Crippen molar-refractivity contribution in [3.63, 3.8) is 0 Å². The first kappa shape index (κ1) is 25.8. The molecule has 0 spiro atoms. The number of hydrogen-bond acceptors (Lipinski definition) is 6. The lowest BCUT2D eigenvalue weighted by Crippen LogP contribution is -2.38. The first-order chi connectivity index (χ1) is 17.3. The van der Waals surface area contributed by atoms with Gasteiger partial charge in [0.15, 0.2) is 5.17 Å². The number of rotatable bonds is 8. The Bertz CT molecular complexity index is 1250. The van der Waals surface area contributed by atoms with Crippen LogP contribution in [-0.4, -0.2) is 35.1 Å². The van der Waals surface area contributed by atoms with E-state index in [9.17, 15) is 9.59 Å². The number of nitrogens with zero attached hydrogens (tertiary/aromatic N) is 2. The van der Waals surface area contributed by atoms with E-state index in [2.05, 4.69) is 51.2 Å². The maximum absolute atomic E-state index is 13.6. The number of aliphatic imine (C=N–C) groups is 1. The fraction of sp³-hybridized carbons (Fsp3) is 0.345. The van der Waals surface area contributed by atoms with Crippen molar-refractivity contribution < 1.29 is 14.3 Å². The number of carbonyl (C=O) groups is 2. The number of amides is 1. The van der Waals surface area contributed by atoms with Crippen LogP contribution in [0.5, 0.6) is 0 Å². The zero-order valence-corrected chi connectivity index (χ0v) is 22.3. The molecular weight excluding hydrogens is 470 g/mol. The summed E-state index contributed by atoms with van der Waals surface area (Å²) in [7, 11) is 0. The van der Waals surface area contributed by atoms with Gasteiger partial charge >= 0.3 is 5.97 Å². The number of benzene rings is 2. The second kappa shape index (κ2) is 11.2. The molecule has 2 aromatic carbocycles. The molecule has 36 heavy (non-hydrogen) atoms. The van der Waals surface area contributed by atoms with E-state index >= 15 is 0 Å². The van der Waals surface area contributed by atoms with Gasteiger partial charge in [0.2, 0.25) is 5.91 Å². The van der Waals surface area contributed by atoms with E-state index in [4.69, 9.17) is 9.73 Å². The fourth-order valence-electron chi connectivity index (χ4n) is 4.46. The molecule has 6 nitrogen and oxygen atoms in total. The smallest absolute Gasteiger partial charge is 0.338 e. The van der Waals surface area contributed by atoms with Gasteiger partial charge in [-0.2, -0.15) is 0 Å².